The van der Waals surface area contributed by atoms with Gasteiger partial charge in [-0.15, -0.1) is 6.58 Å². The highest BCUT2D eigenvalue weighted by molar-refractivity contribution is 9.10. The summed E-state index contributed by atoms with van der Waals surface area (Å²) >= 11 is 3.45. The molecule has 1 aromatic rings. The molecule has 1 N–H and O–H groups in total. The van der Waals surface area contributed by atoms with E-state index in [1.165, 1.54) is 12.8 Å². The summed E-state index contributed by atoms with van der Waals surface area (Å²) < 4.78 is 6.85. The van der Waals surface area contributed by atoms with E-state index in [2.05, 4.69) is 34.7 Å². The lowest BCUT2D eigenvalue weighted by Crippen LogP contribution is -2.32. The molecule has 1 unspecified atom stereocenters. The number of ether oxygens (including phenoxy) is 1. The molecule has 0 aromatic heterocycles. The Bertz CT molecular complexity index is 431. The Morgan fingerprint density at radius 3 is 2.95 bits per heavy atom. The lowest BCUT2D eigenvalue weighted by molar-refractivity contribution is 0.244. The predicted octanol–water partition coefficient (Wildman–Crippen LogP) is 4.16. The van der Waals surface area contributed by atoms with Gasteiger partial charge in [0.2, 0.25) is 0 Å². The molecule has 0 heterocycles. The molecule has 1 aliphatic rings. The van der Waals surface area contributed by atoms with Crippen molar-refractivity contribution in [3.63, 3.8) is 0 Å². The van der Waals surface area contributed by atoms with Crippen LogP contribution in [0.4, 0.5) is 0 Å². The first-order valence-corrected chi connectivity index (χ1v) is 7.66. The first-order chi connectivity index (χ1) is 9.11. The average Bonchev–Trinajstić information content (AvgIpc) is 3.21. The predicted molar refractivity (Wildman–Crippen MR) is 83.6 cm³/mol. The van der Waals surface area contributed by atoms with Crippen molar-refractivity contribution in [1.29, 1.82) is 0 Å². The van der Waals surface area contributed by atoms with Gasteiger partial charge in [-0.25, -0.2) is 0 Å². The van der Waals surface area contributed by atoms with Crippen LogP contribution in [0.25, 0.3) is 0 Å². The van der Waals surface area contributed by atoms with Gasteiger partial charge in [0.1, 0.15) is 5.75 Å². The van der Waals surface area contributed by atoms with Gasteiger partial charge in [0.15, 0.2) is 0 Å². The quantitative estimate of drug-likeness (QED) is 0.725. The van der Waals surface area contributed by atoms with Crippen molar-refractivity contribution in [2.45, 2.75) is 32.2 Å². The van der Waals surface area contributed by atoms with Crippen molar-refractivity contribution in [3.05, 3.63) is 41.4 Å². The van der Waals surface area contributed by atoms with Gasteiger partial charge in [-0.1, -0.05) is 35.0 Å². The molecule has 3 heteroatoms. The second kappa shape index (κ2) is 6.58. The van der Waals surface area contributed by atoms with Crippen LogP contribution < -0.4 is 10.1 Å². The summed E-state index contributed by atoms with van der Waals surface area (Å²) in [6, 6.07) is 8.71. The molecule has 1 aliphatic carbocycles. The third-order valence-electron chi connectivity index (χ3n) is 3.60. The van der Waals surface area contributed by atoms with Gasteiger partial charge in [0.05, 0.1) is 6.61 Å². The van der Waals surface area contributed by atoms with Gasteiger partial charge in [-0.3, -0.25) is 0 Å². The summed E-state index contributed by atoms with van der Waals surface area (Å²) in [4.78, 5) is 0. The smallest absolute Gasteiger partial charge is 0.120 e. The zero-order valence-electron chi connectivity index (χ0n) is 11.5. The second-order valence-corrected chi connectivity index (χ2v) is 6.48. The van der Waals surface area contributed by atoms with Gasteiger partial charge in [-0.2, -0.15) is 0 Å². The Balaban J connectivity index is 1.76. The topological polar surface area (TPSA) is 21.3 Å². The van der Waals surface area contributed by atoms with Crippen molar-refractivity contribution in [1.82, 2.24) is 5.32 Å². The standard InChI is InChI=1S/C16H22BrNO/c1-3-16(2,12-18-14-7-8-14)9-10-19-15-6-4-5-13(17)11-15/h3-6,11,14,18H,1,7-10,12H2,2H3. The minimum atomic E-state index is 0.106. The van der Waals surface area contributed by atoms with Crippen LogP contribution in [0.5, 0.6) is 5.75 Å². The maximum Gasteiger partial charge on any atom is 0.120 e. The zero-order valence-corrected chi connectivity index (χ0v) is 13.1. The average molecular weight is 324 g/mol. The molecule has 2 rings (SSSR count). The fraction of sp³-hybridized carbons (Fsp3) is 0.500. The Hall–Kier alpha value is -0.800. The van der Waals surface area contributed by atoms with Gasteiger partial charge >= 0.3 is 0 Å². The van der Waals surface area contributed by atoms with Crippen molar-refractivity contribution in [2.24, 2.45) is 5.41 Å². The summed E-state index contributed by atoms with van der Waals surface area (Å²) in [5, 5.41) is 3.57. The third kappa shape index (κ3) is 5.00. The van der Waals surface area contributed by atoms with Gasteiger partial charge in [0.25, 0.3) is 0 Å². The third-order valence-corrected chi connectivity index (χ3v) is 4.10. The van der Waals surface area contributed by atoms with Gasteiger partial charge < -0.3 is 10.1 Å². The van der Waals surface area contributed by atoms with Crippen LogP contribution in [0.15, 0.2) is 41.4 Å². The number of benzene rings is 1. The fourth-order valence-corrected chi connectivity index (χ4v) is 2.26. The van der Waals surface area contributed by atoms with Gasteiger partial charge in [-0.05, 0) is 37.5 Å². The van der Waals surface area contributed by atoms with Crippen LogP contribution in [0.3, 0.4) is 0 Å². The van der Waals surface area contributed by atoms with E-state index in [1.807, 2.05) is 30.3 Å². The van der Waals surface area contributed by atoms with E-state index in [9.17, 15) is 0 Å². The van der Waals surface area contributed by atoms with Crippen LogP contribution in [0, 0.1) is 5.41 Å². The summed E-state index contributed by atoms with van der Waals surface area (Å²) in [6.07, 6.45) is 5.67. The van der Waals surface area contributed by atoms with Gasteiger partial charge in [0, 0.05) is 22.5 Å². The monoisotopic (exact) mass is 323 g/mol. The van der Waals surface area contributed by atoms with Crippen LogP contribution in [-0.4, -0.2) is 19.2 Å². The highest BCUT2D eigenvalue weighted by atomic mass is 79.9. The minimum Gasteiger partial charge on any atom is -0.494 e. The van der Waals surface area contributed by atoms with Crippen LogP contribution >= 0.6 is 15.9 Å². The molecule has 0 radical (unpaired) electrons. The molecule has 1 atom stereocenters. The number of halogens is 1. The number of hydrogen-bond acceptors (Lipinski definition) is 2. The Kier molecular flexibility index (Phi) is 5.06. The van der Waals surface area contributed by atoms with E-state index in [4.69, 9.17) is 4.74 Å². The summed E-state index contributed by atoms with van der Waals surface area (Å²) in [5.41, 5.74) is 0.106. The minimum absolute atomic E-state index is 0.106. The normalized spacial score (nSPS) is 17.8. The molecule has 0 bridgehead atoms. The van der Waals surface area contributed by atoms with Crippen molar-refractivity contribution < 1.29 is 4.74 Å². The Morgan fingerprint density at radius 2 is 2.32 bits per heavy atom. The highest BCUT2D eigenvalue weighted by Gasteiger charge is 2.26. The number of hydrogen-bond donors (Lipinski definition) is 1. The molecule has 0 spiro atoms. The van der Waals surface area contributed by atoms with E-state index in [0.717, 1.165) is 29.2 Å². The summed E-state index contributed by atoms with van der Waals surface area (Å²) in [5.74, 6) is 0.913. The molecule has 1 saturated carbocycles. The maximum atomic E-state index is 5.80. The molecular weight excluding hydrogens is 302 g/mol. The van der Waals surface area contributed by atoms with E-state index >= 15 is 0 Å². The molecule has 0 amide bonds. The molecule has 2 nitrogen and oxygen atoms in total. The summed E-state index contributed by atoms with van der Waals surface area (Å²) in [7, 11) is 0. The Labute approximate surface area is 124 Å². The van der Waals surface area contributed by atoms with Crippen LogP contribution in [-0.2, 0) is 0 Å². The largest absolute Gasteiger partial charge is 0.494 e. The lowest BCUT2D eigenvalue weighted by atomic mass is 9.87. The van der Waals surface area contributed by atoms with E-state index in [1.54, 1.807) is 0 Å². The molecule has 104 valence electrons. The Morgan fingerprint density at radius 1 is 1.53 bits per heavy atom. The molecular formula is C16H22BrNO. The highest BCUT2D eigenvalue weighted by Crippen LogP contribution is 2.26. The molecule has 0 saturated heterocycles. The van der Waals surface area contributed by atoms with Crippen molar-refractivity contribution in [2.75, 3.05) is 13.2 Å². The van der Waals surface area contributed by atoms with Crippen molar-refractivity contribution in [3.8, 4) is 5.75 Å². The van der Waals surface area contributed by atoms with Crippen LogP contribution in [0.1, 0.15) is 26.2 Å². The number of rotatable bonds is 8. The second-order valence-electron chi connectivity index (χ2n) is 5.57. The SMILES string of the molecule is C=CC(C)(CCOc1cccc(Br)c1)CNC1CC1. The zero-order chi connectivity index (χ0) is 13.7. The van der Waals surface area contributed by atoms with Crippen LogP contribution in [0.2, 0.25) is 0 Å². The van der Waals surface area contributed by atoms with E-state index in [0.29, 0.717) is 6.61 Å². The molecule has 1 fully saturated rings. The van der Waals surface area contributed by atoms with Crippen molar-refractivity contribution >= 4 is 15.9 Å². The molecule has 0 aliphatic heterocycles. The number of nitrogens with one attached hydrogen (secondary N) is 1. The lowest BCUT2D eigenvalue weighted by Gasteiger charge is -2.26. The molecule has 1 aromatic carbocycles. The summed E-state index contributed by atoms with van der Waals surface area (Å²) in [6.45, 7) is 7.91. The van der Waals surface area contributed by atoms with E-state index < -0.39 is 0 Å². The first-order valence-electron chi connectivity index (χ1n) is 6.87. The first kappa shape index (κ1) is 14.6. The fourth-order valence-electron chi connectivity index (χ4n) is 1.89. The molecule has 19 heavy (non-hydrogen) atoms. The van der Waals surface area contributed by atoms with E-state index in [-0.39, 0.29) is 5.41 Å². The maximum absolute atomic E-state index is 5.80.